The Morgan fingerprint density at radius 2 is 1.52 bits per heavy atom. The van der Waals surface area contributed by atoms with Gasteiger partial charge in [0.05, 0.1) is 7.11 Å². The number of benzene rings is 2. The van der Waals surface area contributed by atoms with E-state index in [0.29, 0.717) is 11.8 Å². The first-order chi connectivity index (χ1) is 19.5. The van der Waals surface area contributed by atoms with Crippen LogP contribution in [0.2, 0.25) is 0 Å². The monoisotopic (exact) mass is 543 g/mol. The number of carbonyl (C=O) groups is 3. The highest BCUT2D eigenvalue weighted by Gasteiger charge is 2.50. The summed E-state index contributed by atoms with van der Waals surface area (Å²) in [4.78, 5) is 42.8. The number of nitrogens with one attached hydrogen (secondary N) is 3. The molecule has 4 bridgehead atoms. The van der Waals surface area contributed by atoms with Crippen molar-refractivity contribution >= 4 is 28.9 Å². The van der Waals surface area contributed by atoms with Crippen molar-refractivity contribution in [3.63, 3.8) is 0 Å². The predicted octanol–water partition coefficient (Wildman–Crippen LogP) is 4.53. The lowest BCUT2D eigenvalue weighted by Gasteiger charge is -2.53. The number of aromatic amines is 1. The van der Waals surface area contributed by atoms with E-state index in [1.807, 2.05) is 60.8 Å². The van der Waals surface area contributed by atoms with E-state index < -0.39 is 30.1 Å². The van der Waals surface area contributed by atoms with Crippen molar-refractivity contribution in [2.45, 2.75) is 63.1 Å². The number of amides is 2. The number of methoxy groups -OCH3 is 1. The number of hydrogen-bond donors (Lipinski definition) is 3. The zero-order chi connectivity index (χ0) is 27.6. The third-order valence-corrected chi connectivity index (χ3v) is 9.18. The maximum atomic E-state index is 13.6. The van der Waals surface area contributed by atoms with E-state index >= 15 is 0 Å². The summed E-state index contributed by atoms with van der Waals surface area (Å²) in [6, 6.07) is 15.5. The number of hydrogen-bond acceptors (Lipinski definition) is 5. The van der Waals surface area contributed by atoms with Crippen LogP contribution in [0.25, 0.3) is 10.9 Å². The van der Waals surface area contributed by atoms with Gasteiger partial charge in [0.15, 0.2) is 0 Å². The molecular formula is C32H37N3O5. The van der Waals surface area contributed by atoms with E-state index in [1.165, 1.54) is 13.5 Å². The van der Waals surface area contributed by atoms with E-state index in [1.54, 1.807) is 0 Å². The first-order valence-electron chi connectivity index (χ1n) is 14.4. The van der Waals surface area contributed by atoms with Gasteiger partial charge in [-0.1, -0.05) is 48.5 Å². The number of carbonyl (C=O) groups excluding carboxylic acids is 3. The van der Waals surface area contributed by atoms with Crippen molar-refractivity contribution in [2.24, 2.45) is 23.7 Å². The molecule has 3 N–H and O–H groups in total. The zero-order valence-electron chi connectivity index (χ0n) is 22.8. The van der Waals surface area contributed by atoms with Gasteiger partial charge in [0.2, 0.25) is 5.91 Å². The Kier molecular flexibility index (Phi) is 7.50. The number of esters is 1. The summed E-state index contributed by atoms with van der Waals surface area (Å²) in [5.41, 5.74) is 2.73. The molecule has 1 unspecified atom stereocenters. The van der Waals surface area contributed by atoms with Crippen LogP contribution in [-0.2, 0) is 31.9 Å². The lowest BCUT2D eigenvalue weighted by Crippen LogP contribution is -2.55. The molecular weight excluding hydrogens is 506 g/mol. The fourth-order valence-electron chi connectivity index (χ4n) is 7.55. The summed E-state index contributed by atoms with van der Waals surface area (Å²) < 4.78 is 11.1. The highest BCUT2D eigenvalue weighted by atomic mass is 16.6. The van der Waals surface area contributed by atoms with Crippen molar-refractivity contribution in [2.75, 3.05) is 7.11 Å². The fourth-order valence-corrected chi connectivity index (χ4v) is 7.55. The van der Waals surface area contributed by atoms with Gasteiger partial charge in [0.25, 0.3) is 0 Å². The molecule has 1 heterocycles. The topological polar surface area (TPSA) is 110 Å². The summed E-state index contributed by atoms with van der Waals surface area (Å²) >= 11 is 0. The van der Waals surface area contributed by atoms with Crippen LogP contribution in [-0.4, -0.2) is 48.3 Å². The number of aromatic nitrogens is 1. The van der Waals surface area contributed by atoms with Crippen LogP contribution in [0.5, 0.6) is 0 Å². The molecule has 0 aliphatic heterocycles. The molecule has 3 aromatic rings. The standard InChI is InChI=1S/C32H37N3O5/c1-39-31(37)28(17-24-18-33-26-10-6-5-9-25(24)26)34-30(36)27(16-19-7-3-2-4-8-19)35-32(38)40-29-22-12-20-11-21(14-22)15-23(29)13-20/h2-10,18,20-23,27-29,33H,11-17H2,1H3,(H,34,36)(H,35,38)/t20?,21?,22?,23?,27-,28?,29?/m0/s1. The number of alkyl carbamates (subject to hydrolysis) is 1. The lowest BCUT2D eigenvalue weighted by molar-refractivity contribution is -0.145. The van der Waals surface area contributed by atoms with E-state index in [9.17, 15) is 14.4 Å². The second-order valence-electron chi connectivity index (χ2n) is 11.8. The summed E-state index contributed by atoms with van der Waals surface area (Å²) in [6.45, 7) is 0. The lowest BCUT2D eigenvalue weighted by atomic mass is 9.55. The second kappa shape index (κ2) is 11.4. The number of H-pyrrole nitrogens is 1. The highest BCUT2D eigenvalue weighted by Crippen LogP contribution is 2.54. The molecule has 2 aromatic carbocycles. The van der Waals surface area contributed by atoms with Gasteiger partial charge in [-0.3, -0.25) is 4.79 Å². The van der Waals surface area contributed by atoms with Gasteiger partial charge < -0.3 is 25.1 Å². The molecule has 0 radical (unpaired) electrons. The van der Waals surface area contributed by atoms with Gasteiger partial charge in [0.1, 0.15) is 18.2 Å². The summed E-state index contributed by atoms with van der Waals surface area (Å²) in [5, 5.41) is 6.67. The molecule has 2 atom stereocenters. The number of rotatable bonds is 9. The van der Waals surface area contributed by atoms with Crippen LogP contribution < -0.4 is 10.6 Å². The minimum absolute atomic E-state index is 0.0853. The van der Waals surface area contributed by atoms with Crippen LogP contribution in [0.4, 0.5) is 4.79 Å². The van der Waals surface area contributed by atoms with Gasteiger partial charge in [-0.15, -0.1) is 0 Å². The molecule has 4 fully saturated rings. The van der Waals surface area contributed by atoms with Gasteiger partial charge in [-0.2, -0.15) is 0 Å². The molecule has 4 aliphatic carbocycles. The Morgan fingerprint density at radius 1 is 0.850 bits per heavy atom. The van der Waals surface area contributed by atoms with E-state index in [0.717, 1.165) is 59.5 Å². The maximum absolute atomic E-state index is 13.6. The first-order valence-corrected chi connectivity index (χ1v) is 14.4. The molecule has 7 rings (SSSR count). The van der Waals surface area contributed by atoms with E-state index in [2.05, 4.69) is 15.6 Å². The minimum atomic E-state index is -0.919. The molecule has 2 amide bonds. The number of ether oxygens (including phenoxy) is 2. The quantitative estimate of drug-likeness (QED) is 0.344. The summed E-state index contributed by atoms with van der Waals surface area (Å²) in [6.07, 6.45) is 7.56. The zero-order valence-corrected chi connectivity index (χ0v) is 22.8. The summed E-state index contributed by atoms with van der Waals surface area (Å²) in [5.74, 6) is 1.38. The Balaban J connectivity index is 1.17. The van der Waals surface area contributed by atoms with E-state index in [4.69, 9.17) is 9.47 Å². The van der Waals surface area contributed by atoms with Crippen LogP contribution in [0.3, 0.4) is 0 Å². The third-order valence-electron chi connectivity index (χ3n) is 9.18. The smallest absolute Gasteiger partial charge is 0.408 e. The highest BCUT2D eigenvalue weighted by molar-refractivity contribution is 5.91. The second-order valence-corrected chi connectivity index (χ2v) is 11.8. The Morgan fingerprint density at radius 3 is 2.23 bits per heavy atom. The predicted molar refractivity (Wildman–Crippen MR) is 150 cm³/mol. The Labute approximate surface area is 234 Å². The van der Waals surface area contributed by atoms with Crippen molar-refractivity contribution in [1.82, 2.24) is 15.6 Å². The van der Waals surface area contributed by atoms with E-state index in [-0.39, 0.29) is 18.9 Å². The number of para-hydroxylation sites is 1. The molecule has 8 nitrogen and oxygen atoms in total. The number of fused-ring (bicyclic) bond motifs is 1. The van der Waals surface area contributed by atoms with Crippen molar-refractivity contribution in [3.05, 3.63) is 71.9 Å². The van der Waals surface area contributed by atoms with Crippen molar-refractivity contribution in [1.29, 1.82) is 0 Å². The Bertz CT molecular complexity index is 1340. The average molecular weight is 544 g/mol. The Hall–Kier alpha value is -3.81. The molecule has 210 valence electrons. The van der Waals surface area contributed by atoms with Gasteiger partial charge in [0, 0.05) is 29.9 Å². The van der Waals surface area contributed by atoms with Crippen molar-refractivity contribution < 1.29 is 23.9 Å². The molecule has 4 aliphatic rings. The SMILES string of the molecule is COC(=O)C(Cc1c[nH]c2ccccc12)NC(=O)[C@H](Cc1ccccc1)NC(=O)OC1C2CC3CC(C2)CC1C3. The van der Waals surface area contributed by atoms with Gasteiger partial charge >= 0.3 is 12.1 Å². The van der Waals surface area contributed by atoms with Crippen LogP contribution in [0.1, 0.15) is 43.2 Å². The minimum Gasteiger partial charge on any atom is -0.467 e. The van der Waals surface area contributed by atoms with Crippen LogP contribution in [0.15, 0.2) is 60.8 Å². The largest absolute Gasteiger partial charge is 0.467 e. The van der Waals surface area contributed by atoms with Crippen LogP contribution in [0, 0.1) is 23.7 Å². The van der Waals surface area contributed by atoms with Crippen molar-refractivity contribution in [3.8, 4) is 0 Å². The molecule has 0 spiro atoms. The fraction of sp³-hybridized carbons (Fsp3) is 0.469. The van der Waals surface area contributed by atoms with Gasteiger partial charge in [-0.25, -0.2) is 9.59 Å². The molecule has 1 aromatic heterocycles. The normalized spacial score (nSPS) is 26.2. The van der Waals surface area contributed by atoms with Crippen LogP contribution >= 0.6 is 0 Å². The maximum Gasteiger partial charge on any atom is 0.408 e. The molecule has 40 heavy (non-hydrogen) atoms. The molecule has 8 heteroatoms. The summed E-state index contributed by atoms with van der Waals surface area (Å²) in [7, 11) is 1.30. The first kappa shape index (κ1) is 26.4. The van der Waals surface area contributed by atoms with Gasteiger partial charge in [-0.05, 0) is 73.0 Å². The molecule has 0 saturated heterocycles. The average Bonchev–Trinajstić information content (AvgIpc) is 3.36. The third kappa shape index (κ3) is 5.58. The molecule has 4 saturated carbocycles.